The molecule has 0 aliphatic carbocycles. The maximum Gasteiger partial charge on any atom is 0.414 e. The first-order valence-electron chi connectivity index (χ1n) is 4.76. The normalized spacial score (nSPS) is 20.2. The number of halogens is 6. The molecule has 0 saturated heterocycles. The summed E-state index contributed by atoms with van der Waals surface area (Å²) in [6.07, 6.45) is -11.2. The van der Waals surface area contributed by atoms with Gasteiger partial charge in [0.25, 0.3) is 0 Å². The Hall–Kier alpha value is -0.730. The molecule has 104 valence electrons. The minimum absolute atomic E-state index is 0.179. The molecule has 0 aromatic heterocycles. The lowest BCUT2D eigenvalue weighted by molar-refractivity contribution is -0.282. The third-order valence-electron chi connectivity index (χ3n) is 2.03. The van der Waals surface area contributed by atoms with Crippen LogP contribution in [0.5, 0.6) is 0 Å². The molecule has 2 nitrogen and oxygen atoms in total. The Bertz CT molecular complexity index is 373. The number of hydrogen-bond acceptors (Lipinski definition) is 3. The molecule has 1 aliphatic heterocycles. The summed E-state index contributed by atoms with van der Waals surface area (Å²) in [6, 6.07) is 0. The van der Waals surface area contributed by atoms with E-state index in [-0.39, 0.29) is 6.21 Å². The van der Waals surface area contributed by atoms with Crippen LogP contribution in [0.25, 0.3) is 0 Å². The smallest absolute Gasteiger partial charge is 0.169 e. The number of thioether (sulfide) groups is 1. The van der Waals surface area contributed by atoms with Crippen LogP contribution in [0.15, 0.2) is 10.2 Å². The van der Waals surface area contributed by atoms with E-state index in [9.17, 15) is 26.3 Å². The predicted molar refractivity (Wildman–Crippen MR) is 57.8 cm³/mol. The Morgan fingerprint density at radius 2 is 1.44 bits per heavy atom. The lowest BCUT2D eigenvalue weighted by Crippen LogP contribution is -2.55. The molecular weight excluding hydrogens is 282 g/mol. The summed E-state index contributed by atoms with van der Waals surface area (Å²) in [5.41, 5.74) is -4.09. The molecular formula is C9H10F6N2S. The van der Waals surface area contributed by atoms with Crippen LogP contribution in [-0.4, -0.2) is 28.4 Å². The van der Waals surface area contributed by atoms with E-state index in [0.717, 1.165) is 0 Å². The summed E-state index contributed by atoms with van der Waals surface area (Å²) in [6.45, 7) is 4.49. The van der Waals surface area contributed by atoms with Crippen LogP contribution in [0.4, 0.5) is 26.3 Å². The first-order chi connectivity index (χ1) is 7.81. The van der Waals surface area contributed by atoms with Crippen LogP contribution < -0.4 is 0 Å². The minimum atomic E-state index is -5.53. The number of alkyl halides is 6. The molecule has 18 heavy (non-hydrogen) atoms. The van der Waals surface area contributed by atoms with Crippen molar-refractivity contribution >= 4 is 23.0 Å². The van der Waals surface area contributed by atoms with Crippen molar-refractivity contribution in [1.82, 2.24) is 0 Å². The molecule has 0 bridgehead atoms. The van der Waals surface area contributed by atoms with E-state index < -0.39 is 27.6 Å². The van der Waals surface area contributed by atoms with Crippen LogP contribution in [0.3, 0.4) is 0 Å². The maximum atomic E-state index is 12.8. The Labute approximate surface area is 104 Å². The van der Waals surface area contributed by atoms with Crippen molar-refractivity contribution in [2.45, 2.75) is 37.9 Å². The summed E-state index contributed by atoms with van der Waals surface area (Å²) in [5, 5.41) is 4.77. The van der Waals surface area contributed by atoms with Gasteiger partial charge in [-0.3, -0.25) is 0 Å². The van der Waals surface area contributed by atoms with E-state index in [1.54, 1.807) is 0 Å². The van der Waals surface area contributed by atoms with E-state index in [2.05, 4.69) is 10.2 Å². The van der Waals surface area contributed by atoms with E-state index in [1.165, 1.54) is 20.8 Å². The monoisotopic (exact) mass is 292 g/mol. The van der Waals surface area contributed by atoms with Gasteiger partial charge in [-0.2, -0.15) is 31.4 Å². The Balaban J connectivity index is 3.30. The van der Waals surface area contributed by atoms with Crippen molar-refractivity contribution in [1.29, 1.82) is 0 Å². The number of hydrogen-bond donors (Lipinski definition) is 0. The third-order valence-corrected chi connectivity index (χ3v) is 3.24. The van der Waals surface area contributed by atoms with E-state index >= 15 is 0 Å². The fraction of sp³-hybridized carbons (Fsp3) is 0.778. The first kappa shape index (κ1) is 15.3. The van der Waals surface area contributed by atoms with Crippen LogP contribution in [0.2, 0.25) is 0 Å². The quantitative estimate of drug-likeness (QED) is 0.619. The van der Waals surface area contributed by atoms with Crippen molar-refractivity contribution in [3.63, 3.8) is 0 Å². The molecule has 0 N–H and O–H groups in total. The van der Waals surface area contributed by atoms with Gasteiger partial charge in [0.2, 0.25) is 5.41 Å². The van der Waals surface area contributed by atoms with Gasteiger partial charge in [-0.1, -0.05) is 20.8 Å². The summed E-state index contributed by atoms with van der Waals surface area (Å²) in [5.74, 6) is 0. The molecule has 1 aliphatic rings. The van der Waals surface area contributed by atoms with E-state index in [4.69, 9.17) is 0 Å². The Morgan fingerprint density at radius 1 is 1.00 bits per heavy atom. The molecule has 0 fully saturated rings. The molecule has 0 amide bonds. The molecule has 0 atom stereocenters. The Kier molecular flexibility index (Phi) is 3.53. The second-order valence-corrected chi connectivity index (χ2v) is 6.48. The van der Waals surface area contributed by atoms with Gasteiger partial charge >= 0.3 is 12.4 Å². The average molecular weight is 292 g/mol. The highest BCUT2D eigenvalue weighted by molar-refractivity contribution is 8.15. The zero-order valence-corrected chi connectivity index (χ0v) is 10.5. The molecule has 0 unspecified atom stereocenters. The summed E-state index contributed by atoms with van der Waals surface area (Å²) in [4.78, 5) is 0. The van der Waals surface area contributed by atoms with Crippen molar-refractivity contribution in [3.8, 4) is 0 Å². The molecule has 0 spiro atoms. The van der Waals surface area contributed by atoms with Gasteiger partial charge in [0.05, 0.1) is 6.21 Å². The molecule has 0 aromatic carbocycles. The molecule has 0 aromatic rings. The van der Waals surface area contributed by atoms with Crippen molar-refractivity contribution in [2.75, 3.05) is 0 Å². The first-order valence-corrected chi connectivity index (χ1v) is 5.58. The highest BCUT2D eigenvalue weighted by Gasteiger charge is 2.74. The fourth-order valence-electron chi connectivity index (χ4n) is 1.24. The van der Waals surface area contributed by atoms with Crippen LogP contribution in [0.1, 0.15) is 20.8 Å². The van der Waals surface area contributed by atoms with Gasteiger partial charge in [0.1, 0.15) is 5.04 Å². The van der Waals surface area contributed by atoms with Crippen molar-refractivity contribution < 1.29 is 26.3 Å². The van der Waals surface area contributed by atoms with Gasteiger partial charge < -0.3 is 0 Å². The predicted octanol–water partition coefficient (Wildman–Crippen LogP) is 4.03. The van der Waals surface area contributed by atoms with Gasteiger partial charge in [-0.25, -0.2) is 0 Å². The summed E-state index contributed by atoms with van der Waals surface area (Å²) < 4.78 is 76.2. The molecule has 0 saturated carbocycles. The zero-order valence-electron chi connectivity index (χ0n) is 9.65. The van der Waals surface area contributed by atoms with E-state index in [0.29, 0.717) is 11.8 Å². The van der Waals surface area contributed by atoms with Crippen LogP contribution in [-0.2, 0) is 0 Å². The van der Waals surface area contributed by atoms with Gasteiger partial charge in [0.15, 0.2) is 0 Å². The number of rotatable bonds is 0. The molecule has 1 rings (SSSR count). The SMILES string of the molecule is CC(C)(C)SC1=NN=CC1(C(F)(F)F)C(F)(F)F. The molecule has 1 heterocycles. The minimum Gasteiger partial charge on any atom is -0.169 e. The summed E-state index contributed by atoms with van der Waals surface area (Å²) in [7, 11) is 0. The van der Waals surface area contributed by atoms with Gasteiger partial charge in [-0.05, 0) is 0 Å². The highest BCUT2D eigenvalue weighted by atomic mass is 32.2. The van der Waals surface area contributed by atoms with E-state index in [1.807, 2.05) is 0 Å². The zero-order chi connectivity index (χ0) is 14.4. The van der Waals surface area contributed by atoms with Crippen LogP contribution in [0, 0.1) is 5.41 Å². The largest absolute Gasteiger partial charge is 0.414 e. The number of nitrogens with zero attached hydrogens (tertiary/aromatic N) is 2. The second-order valence-electron chi connectivity index (χ2n) is 4.67. The molecule has 0 radical (unpaired) electrons. The summed E-state index contributed by atoms with van der Waals surface area (Å²) >= 11 is 0.410. The van der Waals surface area contributed by atoms with Gasteiger partial charge in [-0.15, -0.1) is 16.9 Å². The maximum absolute atomic E-state index is 12.8. The topological polar surface area (TPSA) is 24.7 Å². The average Bonchev–Trinajstić information content (AvgIpc) is 2.42. The third kappa shape index (κ3) is 2.50. The Morgan fingerprint density at radius 3 is 1.78 bits per heavy atom. The lowest BCUT2D eigenvalue weighted by Gasteiger charge is -2.33. The fourth-order valence-corrected chi connectivity index (χ4v) is 2.36. The molecule has 9 heteroatoms. The van der Waals surface area contributed by atoms with Gasteiger partial charge in [0, 0.05) is 4.75 Å². The standard InChI is InChI=1S/C9H10F6N2S/c1-6(2,3)18-5-7(4-16-17-5,8(10,11)12)9(13,14)15/h4H,1-3H3. The van der Waals surface area contributed by atoms with Crippen molar-refractivity contribution in [3.05, 3.63) is 0 Å². The van der Waals surface area contributed by atoms with Crippen molar-refractivity contribution in [2.24, 2.45) is 15.6 Å². The van der Waals surface area contributed by atoms with Crippen LogP contribution >= 0.6 is 11.8 Å². The highest BCUT2D eigenvalue weighted by Crippen LogP contribution is 2.55. The second kappa shape index (κ2) is 4.14. The lowest BCUT2D eigenvalue weighted by atomic mass is 9.89.